The smallest absolute Gasteiger partial charge is 0.418 e. The zero-order valence-corrected chi connectivity index (χ0v) is 20.3. The van der Waals surface area contributed by atoms with E-state index in [0.717, 1.165) is 32.1 Å². The average Bonchev–Trinajstić information content (AvgIpc) is 2.91. The number of nitrogens with zero attached hydrogens (tertiary/aromatic N) is 4. The Kier molecular flexibility index (Phi) is 8.36. The van der Waals surface area contributed by atoms with Crippen LogP contribution in [-0.2, 0) is 6.18 Å². The molecular weight excluding hydrogens is 469 g/mol. The van der Waals surface area contributed by atoms with Crippen LogP contribution in [-0.4, -0.2) is 68.1 Å². The number of amides is 1. The summed E-state index contributed by atoms with van der Waals surface area (Å²) in [5, 5.41) is 8.91. The lowest BCUT2D eigenvalue weighted by molar-refractivity contribution is -0.137. The SMILES string of the molecule is N#Cc1ccc(C(=O)N2CCN(c3ccc(OCCCN4CCCCC4)cc3C(F)(F)F)CC2)cc1. The van der Waals surface area contributed by atoms with Gasteiger partial charge < -0.3 is 19.4 Å². The van der Waals surface area contributed by atoms with Gasteiger partial charge in [-0.3, -0.25) is 4.79 Å². The summed E-state index contributed by atoms with van der Waals surface area (Å²) < 4.78 is 47.4. The standard InChI is InChI=1S/C27H31F3N4O2/c28-27(29,30)24-19-23(36-18-4-13-32-11-2-1-3-12-32)9-10-25(24)33-14-16-34(17-15-33)26(35)22-7-5-21(20-31)6-8-22/h5-10,19H,1-4,11-18H2. The number of rotatable bonds is 7. The molecule has 4 rings (SSSR count). The van der Waals surface area contributed by atoms with Crippen molar-refractivity contribution in [3.63, 3.8) is 0 Å². The predicted molar refractivity (Wildman–Crippen MR) is 131 cm³/mol. The Labute approximate surface area is 209 Å². The Morgan fingerprint density at radius 1 is 0.944 bits per heavy atom. The van der Waals surface area contributed by atoms with Crippen LogP contribution >= 0.6 is 0 Å². The minimum atomic E-state index is -4.52. The Balaban J connectivity index is 1.35. The van der Waals surface area contributed by atoms with Crippen molar-refractivity contribution in [1.29, 1.82) is 5.26 Å². The van der Waals surface area contributed by atoms with Crippen LogP contribution in [0.2, 0.25) is 0 Å². The van der Waals surface area contributed by atoms with Crippen molar-refractivity contribution in [3.8, 4) is 11.8 Å². The Bertz CT molecular complexity index is 1070. The maximum absolute atomic E-state index is 13.9. The molecule has 1 amide bonds. The molecule has 2 aromatic rings. The second kappa shape index (κ2) is 11.7. The van der Waals surface area contributed by atoms with Gasteiger partial charge in [0.1, 0.15) is 5.75 Å². The summed E-state index contributed by atoms with van der Waals surface area (Å²) in [7, 11) is 0. The number of piperidine rings is 1. The number of likely N-dealkylation sites (tertiary alicyclic amines) is 1. The molecule has 0 unspecified atom stereocenters. The predicted octanol–water partition coefficient (Wildman–Crippen LogP) is 4.79. The summed E-state index contributed by atoms with van der Waals surface area (Å²) in [6, 6.07) is 12.5. The first-order chi connectivity index (χ1) is 17.3. The van der Waals surface area contributed by atoms with Crippen molar-refractivity contribution in [3.05, 3.63) is 59.2 Å². The molecule has 0 saturated carbocycles. The highest BCUT2D eigenvalue weighted by Crippen LogP contribution is 2.39. The van der Waals surface area contributed by atoms with Gasteiger partial charge in [0.15, 0.2) is 0 Å². The molecule has 0 aromatic heterocycles. The molecule has 9 heteroatoms. The van der Waals surface area contributed by atoms with E-state index in [0.29, 0.717) is 43.9 Å². The summed E-state index contributed by atoms with van der Waals surface area (Å²) in [6.07, 6.45) is -0.0669. The van der Waals surface area contributed by atoms with Crippen LogP contribution in [0.15, 0.2) is 42.5 Å². The molecular formula is C27H31F3N4O2. The monoisotopic (exact) mass is 500 g/mol. The third kappa shape index (κ3) is 6.49. The van der Waals surface area contributed by atoms with Crippen LogP contribution < -0.4 is 9.64 Å². The van der Waals surface area contributed by atoms with Gasteiger partial charge in [-0.2, -0.15) is 18.4 Å². The largest absolute Gasteiger partial charge is 0.494 e. The molecule has 36 heavy (non-hydrogen) atoms. The van der Waals surface area contributed by atoms with E-state index in [9.17, 15) is 18.0 Å². The van der Waals surface area contributed by atoms with Gasteiger partial charge in [0.05, 0.1) is 23.8 Å². The summed E-state index contributed by atoms with van der Waals surface area (Å²) in [4.78, 5) is 18.4. The zero-order chi connectivity index (χ0) is 25.5. The topological polar surface area (TPSA) is 59.8 Å². The molecule has 0 bridgehead atoms. The number of anilines is 1. The third-order valence-electron chi connectivity index (χ3n) is 6.78. The van der Waals surface area contributed by atoms with Gasteiger partial charge in [-0.05, 0) is 74.8 Å². The van der Waals surface area contributed by atoms with Crippen molar-refractivity contribution in [1.82, 2.24) is 9.80 Å². The molecule has 192 valence electrons. The van der Waals surface area contributed by atoms with Gasteiger partial charge in [-0.25, -0.2) is 0 Å². The first kappa shape index (κ1) is 25.8. The van der Waals surface area contributed by atoms with Gasteiger partial charge in [-0.15, -0.1) is 0 Å². The first-order valence-corrected chi connectivity index (χ1v) is 12.5. The third-order valence-corrected chi connectivity index (χ3v) is 6.78. The lowest BCUT2D eigenvalue weighted by Crippen LogP contribution is -2.49. The summed E-state index contributed by atoms with van der Waals surface area (Å²) in [5.74, 6) is 0.0304. The number of halogens is 3. The molecule has 6 nitrogen and oxygen atoms in total. The van der Waals surface area contributed by atoms with Crippen LogP contribution in [0.1, 0.15) is 47.2 Å². The van der Waals surface area contributed by atoms with Crippen LogP contribution in [0.25, 0.3) is 0 Å². The van der Waals surface area contributed by atoms with E-state index in [4.69, 9.17) is 10.00 Å². The van der Waals surface area contributed by atoms with E-state index in [-0.39, 0.29) is 17.3 Å². The minimum Gasteiger partial charge on any atom is -0.494 e. The quantitative estimate of drug-likeness (QED) is 0.512. The molecule has 0 radical (unpaired) electrons. The summed E-state index contributed by atoms with van der Waals surface area (Å²) in [5.41, 5.74) is 0.308. The number of nitriles is 1. The van der Waals surface area contributed by atoms with Crippen LogP contribution in [0.3, 0.4) is 0 Å². The maximum Gasteiger partial charge on any atom is 0.418 e. The molecule has 2 aliphatic heterocycles. The second-order valence-electron chi connectivity index (χ2n) is 9.25. The number of carbonyl (C=O) groups excluding carboxylic acids is 1. The van der Waals surface area contributed by atoms with Gasteiger partial charge in [0.25, 0.3) is 5.91 Å². The molecule has 0 N–H and O–H groups in total. The molecule has 2 saturated heterocycles. The molecule has 0 atom stereocenters. The molecule has 2 aliphatic rings. The van der Waals surface area contributed by atoms with Crippen LogP contribution in [0.5, 0.6) is 5.75 Å². The Hall–Kier alpha value is -3.25. The van der Waals surface area contributed by atoms with E-state index >= 15 is 0 Å². The van der Waals surface area contributed by atoms with Crippen LogP contribution in [0.4, 0.5) is 18.9 Å². The lowest BCUT2D eigenvalue weighted by atomic mass is 10.1. The van der Waals surface area contributed by atoms with E-state index in [1.165, 1.54) is 25.3 Å². The lowest BCUT2D eigenvalue weighted by Gasteiger charge is -2.37. The first-order valence-electron chi connectivity index (χ1n) is 12.5. The number of piperazine rings is 1. The van der Waals surface area contributed by atoms with Crippen molar-refractivity contribution < 1.29 is 22.7 Å². The number of alkyl halides is 3. The minimum absolute atomic E-state index is 0.105. The summed E-state index contributed by atoms with van der Waals surface area (Å²) in [6.45, 7) is 4.65. The van der Waals surface area contributed by atoms with E-state index < -0.39 is 11.7 Å². The van der Waals surface area contributed by atoms with Crippen molar-refractivity contribution in [2.75, 3.05) is 57.3 Å². The van der Waals surface area contributed by atoms with E-state index in [2.05, 4.69) is 4.90 Å². The number of carbonyl (C=O) groups is 1. The van der Waals surface area contributed by atoms with Crippen molar-refractivity contribution in [2.24, 2.45) is 0 Å². The average molecular weight is 501 g/mol. The molecule has 0 spiro atoms. The van der Waals surface area contributed by atoms with E-state index in [1.807, 2.05) is 6.07 Å². The normalized spacial score (nSPS) is 17.1. The fourth-order valence-electron chi connectivity index (χ4n) is 4.79. The maximum atomic E-state index is 13.9. The molecule has 0 aliphatic carbocycles. The van der Waals surface area contributed by atoms with E-state index in [1.54, 1.807) is 40.1 Å². The van der Waals surface area contributed by atoms with Gasteiger partial charge in [-0.1, -0.05) is 6.42 Å². The molecule has 2 aromatic carbocycles. The number of ether oxygens (including phenoxy) is 1. The number of benzene rings is 2. The van der Waals surface area contributed by atoms with Crippen molar-refractivity contribution >= 4 is 11.6 Å². The highest BCUT2D eigenvalue weighted by molar-refractivity contribution is 5.94. The fraction of sp³-hybridized carbons (Fsp3) is 0.481. The highest BCUT2D eigenvalue weighted by Gasteiger charge is 2.36. The Morgan fingerprint density at radius 3 is 2.28 bits per heavy atom. The summed E-state index contributed by atoms with van der Waals surface area (Å²) >= 11 is 0. The number of hydrogen-bond donors (Lipinski definition) is 0. The Morgan fingerprint density at radius 2 is 1.64 bits per heavy atom. The van der Waals surface area contributed by atoms with Crippen LogP contribution in [0, 0.1) is 11.3 Å². The molecule has 2 heterocycles. The fourth-order valence-corrected chi connectivity index (χ4v) is 4.79. The van der Waals surface area contributed by atoms with Crippen molar-refractivity contribution in [2.45, 2.75) is 31.9 Å². The number of hydrogen-bond acceptors (Lipinski definition) is 5. The second-order valence-corrected chi connectivity index (χ2v) is 9.25. The van der Waals surface area contributed by atoms with Gasteiger partial charge in [0.2, 0.25) is 0 Å². The highest BCUT2D eigenvalue weighted by atomic mass is 19.4. The zero-order valence-electron chi connectivity index (χ0n) is 20.3. The van der Waals surface area contributed by atoms with Gasteiger partial charge >= 0.3 is 6.18 Å². The van der Waals surface area contributed by atoms with Gasteiger partial charge in [0, 0.05) is 44.0 Å². The molecule has 2 fully saturated rings.